The molecule has 7 nitrogen and oxygen atoms in total. The van der Waals surface area contributed by atoms with Gasteiger partial charge in [-0.3, -0.25) is 4.90 Å². The van der Waals surface area contributed by atoms with Crippen LogP contribution in [0.4, 0.5) is 25.0 Å². The summed E-state index contributed by atoms with van der Waals surface area (Å²) in [5.41, 5.74) is -0.664. The molecule has 0 unspecified atom stereocenters. The summed E-state index contributed by atoms with van der Waals surface area (Å²) in [7, 11) is 0. The third-order valence-corrected chi connectivity index (χ3v) is 5.67. The zero-order valence-electron chi connectivity index (χ0n) is 15.1. The molecule has 30 heavy (non-hydrogen) atoms. The van der Waals surface area contributed by atoms with Crippen LogP contribution in [0.1, 0.15) is 0 Å². The van der Waals surface area contributed by atoms with Crippen molar-refractivity contribution in [2.24, 2.45) is 0 Å². The lowest BCUT2D eigenvalue weighted by Crippen LogP contribution is -2.39. The molecule has 0 radical (unpaired) electrons. The Balaban J connectivity index is 1.66. The van der Waals surface area contributed by atoms with Crippen LogP contribution in [-0.2, 0) is 0 Å². The van der Waals surface area contributed by atoms with E-state index >= 15 is 0 Å². The molecule has 10 heteroatoms. The van der Waals surface area contributed by atoms with Gasteiger partial charge in [0.1, 0.15) is 5.69 Å². The summed E-state index contributed by atoms with van der Waals surface area (Å²) in [6.07, 6.45) is 0. The number of benzene rings is 3. The number of carbonyl (C=O) groups is 1. The largest absolute Gasteiger partial charge is 0.377 e. The standard InChI is InChI=1S/C20H11F2N5O2S/c21-12-6-5-7-13(22)18(12)26-20(29)27(24-23-26)19(28)25-14-8-1-3-10-16(14)30-17-11-4-2-9-15(17)25/h1-11H. The molecule has 1 aromatic heterocycles. The van der Waals surface area contributed by atoms with Gasteiger partial charge in [0.15, 0.2) is 11.6 Å². The average Bonchev–Trinajstić information content (AvgIpc) is 3.12. The first kappa shape index (κ1) is 18.3. The zero-order valence-corrected chi connectivity index (χ0v) is 15.9. The topological polar surface area (TPSA) is 73.0 Å². The fourth-order valence-corrected chi connectivity index (χ4v) is 4.26. The van der Waals surface area contributed by atoms with Crippen molar-refractivity contribution in [3.05, 3.63) is 88.8 Å². The van der Waals surface area contributed by atoms with Gasteiger partial charge in [0.2, 0.25) is 0 Å². The third-order valence-electron chi connectivity index (χ3n) is 4.54. The van der Waals surface area contributed by atoms with E-state index in [4.69, 9.17) is 0 Å². The van der Waals surface area contributed by atoms with E-state index in [0.29, 0.717) is 20.7 Å². The second-order valence-electron chi connectivity index (χ2n) is 6.31. The molecule has 1 aliphatic heterocycles. The van der Waals surface area contributed by atoms with Crippen LogP contribution in [0.15, 0.2) is 81.3 Å². The van der Waals surface area contributed by atoms with Crippen LogP contribution in [0.2, 0.25) is 0 Å². The van der Waals surface area contributed by atoms with Crippen molar-refractivity contribution in [1.29, 1.82) is 0 Å². The molecular formula is C20H11F2N5O2S. The van der Waals surface area contributed by atoms with Gasteiger partial charge < -0.3 is 0 Å². The number of halogens is 2. The molecule has 0 saturated carbocycles. The quantitative estimate of drug-likeness (QED) is 0.433. The minimum absolute atomic E-state index is 0.430. The van der Waals surface area contributed by atoms with Gasteiger partial charge in [-0.25, -0.2) is 18.4 Å². The Labute approximate surface area is 172 Å². The van der Waals surface area contributed by atoms with Crippen molar-refractivity contribution < 1.29 is 13.6 Å². The lowest BCUT2D eigenvalue weighted by Gasteiger charge is -2.30. The summed E-state index contributed by atoms with van der Waals surface area (Å²) < 4.78 is 29.1. The summed E-state index contributed by atoms with van der Waals surface area (Å²) in [6, 6.07) is 16.7. The Morgan fingerprint density at radius 2 is 1.37 bits per heavy atom. The van der Waals surface area contributed by atoms with Crippen LogP contribution in [0.25, 0.3) is 5.69 Å². The molecule has 1 amide bonds. The number of aromatic nitrogens is 4. The Morgan fingerprint density at radius 1 is 0.800 bits per heavy atom. The lowest BCUT2D eigenvalue weighted by molar-refractivity contribution is 0.246. The Bertz CT molecular complexity index is 1300. The average molecular weight is 423 g/mol. The second-order valence-corrected chi connectivity index (χ2v) is 7.39. The molecule has 0 spiro atoms. The smallest absolute Gasteiger partial charge is 0.259 e. The number of fused-ring (bicyclic) bond motifs is 2. The maximum absolute atomic E-state index is 14.1. The van der Waals surface area contributed by atoms with E-state index in [0.717, 1.165) is 28.0 Å². The molecule has 1 aliphatic rings. The number of tetrazole rings is 1. The summed E-state index contributed by atoms with van der Waals surface area (Å²) in [6.45, 7) is 0. The highest BCUT2D eigenvalue weighted by Crippen LogP contribution is 2.47. The minimum Gasteiger partial charge on any atom is -0.259 e. The number of carbonyl (C=O) groups excluding carboxylic acids is 1. The molecule has 2 heterocycles. The Kier molecular flexibility index (Phi) is 4.21. The third kappa shape index (κ3) is 2.72. The van der Waals surface area contributed by atoms with Crippen molar-refractivity contribution in [2.75, 3.05) is 4.90 Å². The maximum atomic E-state index is 14.1. The zero-order chi connectivity index (χ0) is 20.8. The maximum Gasteiger partial charge on any atom is 0.377 e. The molecule has 0 saturated heterocycles. The number of hydrogen-bond acceptors (Lipinski definition) is 5. The van der Waals surface area contributed by atoms with Gasteiger partial charge in [-0.2, -0.15) is 4.68 Å². The van der Waals surface area contributed by atoms with Crippen molar-refractivity contribution in [3.8, 4) is 5.69 Å². The van der Waals surface area contributed by atoms with Gasteiger partial charge in [-0.05, 0) is 46.8 Å². The van der Waals surface area contributed by atoms with Crippen molar-refractivity contribution in [3.63, 3.8) is 0 Å². The number of rotatable bonds is 1. The molecule has 0 aliphatic carbocycles. The predicted octanol–water partition coefficient (Wildman–Crippen LogP) is 3.98. The molecule has 0 N–H and O–H groups in total. The number of para-hydroxylation sites is 3. The highest BCUT2D eigenvalue weighted by molar-refractivity contribution is 7.99. The van der Waals surface area contributed by atoms with Gasteiger partial charge in [-0.15, -0.1) is 4.68 Å². The van der Waals surface area contributed by atoms with Crippen molar-refractivity contribution in [1.82, 2.24) is 19.8 Å². The highest BCUT2D eigenvalue weighted by Gasteiger charge is 2.31. The SMILES string of the molecule is O=C(N1c2ccccc2Sc2ccccc21)n1nnn(-c2c(F)cccc2F)c1=O. The van der Waals surface area contributed by atoms with E-state index in [1.54, 1.807) is 24.3 Å². The molecule has 148 valence electrons. The normalized spacial score (nSPS) is 12.4. The van der Waals surface area contributed by atoms with Gasteiger partial charge in [0, 0.05) is 9.79 Å². The summed E-state index contributed by atoms with van der Waals surface area (Å²) in [4.78, 5) is 29.1. The van der Waals surface area contributed by atoms with Gasteiger partial charge >= 0.3 is 11.7 Å². The van der Waals surface area contributed by atoms with Crippen LogP contribution in [0.3, 0.4) is 0 Å². The summed E-state index contributed by atoms with van der Waals surface area (Å²) in [5.74, 6) is -2.00. The van der Waals surface area contributed by atoms with Gasteiger partial charge in [0.05, 0.1) is 11.4 Å². The first-order valence-corrected chi connectivity index (χ1v) is 9.57. The number of amides is 1. The van der Waals surface area contributed by atoms with Crippen LogP contribution in [-0.4, -0.2) is 25.8 Å². The van der Waals surface area contributed by atoms with Crippen LogP contribution < -0.4 is 10.6 Å². The molecule has 4 aromatic rings. The van der Waals surface area contributed by atoms with E-state index in [-0.39, 0.29) is 0 Å². The van der Waals surface area contributed by atoms with Crippen LogP contribution >= 0.6 is 11.8 Å². The van der Waals surface area contributed by atoms with Crippen molar-refractivity contribution >= 4 is 29.2 Å². The molecule has 0 atom stereocenters. The van der Waals surface area contributed by atoms with Gasteiger partial charge in [-0.1, -0.05) is 42.1 Å². The van der Waals surface area contributed by atoms with Crippen molar-refractivity contribution in [2.45, 2.75) is 9.79 Å². The highest BCUT2D eigenvalue weighted by atomic mass is 32.2. The number of hydrogen-bond donors (Lipinski definition) is 0. The van der Waals surface area contributed by atoms with E-state index < -0.39 is 29.0 Å². The Hall–Kier alpha value is -3.79. The molecule has 5 rings (SSSR count). The predicted molar refractivity (Wildman–Crippen MR) is 105 cm³/mol. The van der Waals surface area contributed by atoms with E-state index in [1.807, 2.05) is 24.3 Å². The van der Waals surface area contributed by atoms with E-state index in [2.05, 4.69) is 10.4 Å². The van der Waals surface area contributed by atoms with Crippen LogP contribution in [0.5, 0.6) is 0 Å². The van der Waals surface area contributed by atoms with Crippen LogP contribution in [0, 0.1) is 11.6 Å². The summed E-state index contributed by atoms with van der Waals surface area (Å²) in [5, 5.41) is 7.10. The molecular weight excluding hydrogens is 412 g/mol. The minimum atomic E-state index is -1.09. The second kappa shape index (κ2) is 6.92. The fourth-order valence-electron chi connectivity index (χ4n) is 3.20. The van der Waals surface area contributed by atoms with E-state index in [1.165, 1.54) is 16.7 Å². The van der Waals surface area contributed by atoms with Gasteiger partial charge in [0.25, 0.3) is 0 Å². The number of anilines is 2. The first-order chi connectivity index (χ1) is 14.6. The molecule has 0 fully saturated rings. The number of nitrogens with zero attached hydrogens (tertiary/aromatic N) is 5. The Morgan fingerprint density at radius 3 is 1.97 bits per heavy atom. The lowest BCUT2D eigenvalue weighted by atomic mass is 10.2. The molecule has 0 bridgehead atoms. The first-order valence-electron chi connectivity index (χ1n) is 8.76. The summed E-state index contributed by atoms with van der Waals surface area (Å²) >= 11 is 1.49. The van der Waals surface area contributed by atoms with E-state index in [9.17, 15) is 18.4 Å². The monoisotopic (exact) mass is 423 g/mol. The fraction of sp³-hybridized carbons (Fsp3) is 0. The molecule has 3 aromatic carbocycles.